The number of thioether (sulfide) groups is 1. The maximum Gasteiger partial charge on any atom is 0.323 e. The average Bonchev–Trinajstić information content (AvgIpc) is 2.43. The van der Waals surface area contributed by atoms with Crippen LogP contribution in [-0.2, 0) is 4.79 Å². The fourth-order valence-electron chi connectivity index (χ4n) is 0.847. The summed E-state index contributed by atoms with van der Waals surface area (Å²) in [6.45, 7) is 1.51. The number of aromatic amines is 1. The molecule has 1 rings (SSSR count). The monoisotopic (exact) mass is 217 g/mol. The number of aliphatic carboxylic acids is 1. The molecule has 0 fully saturated rings. The summed E-state index contributed by atoms with van der Waals surface area (Å²) in [6.07, 6.45) is 0. The van der Waals surface area contributed by atoms with Crippen molar-refractivity contribution in [3.8, 4) is 0 Å². The molecule has 0 aromatic carbocycles. The molecule has 0 aliphatic rings. The Balaban J connectivity index is 2.86. The third kappa shape index (κ3) is 2.22. The molecule has 0 aliphatic carbocycles. The minimum absolute atomic E-state index is 0.106. The zero-order valence-corrected chi connectivity index (χ0v) is 8.00. The standard InChI is InChI=1S/C6H7N3O4S/c1-3-5(9(12)13)6(8-7-3)14-2-4(10)11/h2H2,1H3,(H,7,8)(H,10,11). The predicted molar refractivity (Wildman–Crippen MR) is 48.3 cm³/mol. The predicted octanol–water partition coefficient (Wildman–Crippen LogP) is 0.803. The molecular formula is C6H7N3O4S. The molecule has 0 bridgehead atoms. The van der Waals surface area contributed by atoms with Gasteiger partial charge in [-0.2, -0.15) is 5.10 Å². The van der Waals surface area contributed by atoms with Crippen LogP contribution in [0.3, 0.4) is 0 Å². The summed E-state index contributed by atoms with van der Waals surface area (Å²) < 4.78 is 0. The molecule has 0 amide bonds. The van der Waals surface area contributed by atoms with E-state index in [1.165, 1.54) is 6.92 Å². The van der Waals surface area contributed by atoms with Gasteiger partial charge in [0.15, 0.2) is 5.03 Å². The Morgan fingerprint density at radius 1 is 1.79 bits per heavy atom. The molecule has 14 heavy (non-hydrogen) atoms. The number of carboxylic acids is 1. The van der Waals surface area contributed by atoms with Gasteiger partial charge in [0.05, 0.1) is 10.7 Å². The van der Waals surface area contributed by atoms with E-state index in [2.05, 4.69) is 10.2 Å². The van der Waals surface area contributed by atoms with Crippen molar-refractivity contribution >= 4 is 23.4 Å². The molecule has 0 saturated carbocycles. The van der Waals surface area contributed by atoms with Gasteiger partial charge in [-0.3, -0.25) is 20.0 Å². The van der Waals surface area contributed by atoms with Crippen molar-refractivity contribution in [3.05, 3.63) is 15.8 Å². The summed E-state index contributed by atoms with van der Waals surface area (Å²) in [5.41, 5.74) is 0.166. The SMILES string of the molecule is Cc1[nH]nc(SCC(=O)O)c1[N+](=O)[O-]. The first kappa shape index (κ1) is 10.5. The van der Waals surface area contributed by atoms with Crippen LogP contribution >= 0.6 is 11.8 Å². The van der Waals surface area contributed by atoms with Crippen LogP contribution in [0.15, 0.2) is 5.03 Å². The Bertz CT molecular complexity index is 375. The molecule has 0 atom stereocenters. The number of carboxylic acid groups (broad SMARTS) is 1. The minimum Gasteiger partial charge on any atom is -0.481 e. The van der Waals surface area contributed by atoms with Gasteiger partial charge >= 0.3 is 11.7 Å². The number of nitrogens with one attached hydrogen (secondary N) is 1. The molecule has 0 aliphatic heterocycles. The van der Waals surface area contributed by atoms with E-state index in [0.717, 1.165) is 11.8 Å². The van der Waals surface area contributed by atoms with E-state index >= 15 is 0 Å². The summed E-state index contributed by atoms with van der Waals surface area (Å²) in [5.74, 6) is -1.28. The van der Waals surface area contributed by atoms with Crippen molar-refractivity contribution in [3.63, 3.8) is 0 Å². The quantitative estimate of drug-likeness (QED) is 0.438. The number of hydrogen-bond donors (Lipinski definition) is 2. The Kier molecular flexibility index (Phi) is 3.07. The number of carbonyl (C=O) groups is 1. The van der Waals surface area contributed by atoms with E-state index in [0.29, 0.717) is 5.69 Å². The number of nitrogens with zero attached hydrogens (tertiary/aromatic N) is 2. The molecule has 8 heteroatoms. The first-order chi connectivity index (χ1) is 6.52. The van der Waals surface area contributed by atoms with Crippen LogP contribution < -0.4 is 0 Å². The van der Waals surface area contributed by atoms with Gasteiger partial charge in [0.1, 0.15) is 5.69 Å². The van der Waals surface area contributed by atoms with E-state index in [-0.39, 0.29) is 16.5 Å². The number of aryl methyl sites for hydroxylation is 1. The zero-order chi connectivity index (χ0) is 10.7. The second kappa shape index (κ2) is 4.09. The van der Waals surface area contributed by atoms with Gasteiger partial charge in [0, 0.05) is 0 Å². The Morgan fingerprint density at radius 3 is 2.93 bits per heavy atom. The first-order valence-electron chi connectivity index (χ1n) is 3.56. The largest absolute Gasteiger partial charge is 0.481 e. The van der Waals surface area contributed by atoms with Crippen molar-refractivity contribution in [1.82, 2.24) is 10.2 Å². The molecule has 0 spiro atoms. The topological polar surface area (TPSA) is 109 Å². The highest BCUT2D eigenvalue weighted by Gasteiger charge is 2.22. The third-order valence-electron chi connectivity index (χ3n) is 1.40. The fourth-order valence-corrected chi connectivity index (χ4v) is 1.58. The molecule has 76 valence electrons. The molecule has 1 aromatic rings. The highest BCUT2D eigenvalue weighted by atomic mass is 32.2. The van der Waals surface area contributed by atoms with Crippen molar-refractivity contribution in [2.24, 2.45) is 0 Å². The second-order valence-corrected chi connectivity index (χ2v) is 3.41. The summed E-state index contributed by atoms with van der Waals surface area (Å²) in [7, 11) is 0. The lowest BCUT2D eigenvalue weighted by Gasteiger charge is -1.92. The molecule has 2 N–H and O–H groups in total. The van der Waals surface area contributed by atoms with Crippen LogP contribution in [0.5, 0.6) is 0 Å². The minimum atomic E-state index is -1.04. The smallest absolute Gasteiger partial charge is 0.323 e. The van der Waals surface area contributed by atoms with Gasteiger partial charge in [-0.05, 0) is 6.92 Å². The number of aromatic nitrogens is 2. The van der Waals surface area contributed by atoms with Crippen LogP contribution in [0, 0.1) is 17.0 Å². The number of hydrogen-bond acceptors (Lipinski definition) is 5. The van der Waals surface area contributed by atoms with Crippen LogP contribution in [0.2, 0.25) is 0 Å². The van der Waals surface area contributed by atoms with E-state index in [1.54, 1.807) is 0 Å². The summed E-state index contributed by atoms with van der Waals surface area (Å²) >= 11 is 0.821. The molecule has 0 saturated heterocycles. The Labute approximate surface area is 82.7 Å². The van der Waals surface area contributed by atoms with E-state index in [4.69, 9.17) is 5.11 Å². The molecule has 7 nitrogen and oxygen atoms in total. The van der Waals surface area contributed by atoms with Gasteiger partial charge in [-0.25, -0.2) is 0 Å². The van der Waals surface area contributed by atoms with Gasteiger partial charge in [0.25, 0.3) is 0 Å². The Morgan fingerprint density at radius 2 is 2.43 bits per heavy atom. The zero-order valence-electron chi connectivity index (χ0n) is 7.18. The average molecular weight is 217 g/mol. The van der Waals surface area contributed by atoms with Crippen molar-refractivity contribution in [2.75, 3.05) is 5.75 Å². The first-order valence-corrected chi connectivity index (χ1v) is 4.55. The Hall–Kier alpha value is -1.57. The molecule has 0 radical (unpaired) electrons. The van der Waals surface area contributed by atoms with Gasteiger partial charge < -0.3 is 5.11 Å². The van der Waals surface area contributed by atoms with E-state index < -0.39 is 10.9 Å². The maximum absolute atomic E-state index is 10.5. The van der Waals surface area contributed by atoms with Crippen LogP contribution in [0.4, 0.5) is 5.69 Å². The van der Waals surface area contributed by atoms with Crippen LogP contribution in [0.1, 0.15) is 5.69 Å². The molecule has 1 aromatic heterocycles. The lowest BCUT2D eigenvalue weighted by molar-refractivity contribution is -0.388. The third-order valence-corrected chi connectivity index (χ3v) is 2.35. The van der Waals surface area contributed by atoms with E-state index in [1.807, 2.05) is 0 Å². The molecule has 1 heterocycles. The van der Waals surface area contributed by atoms with Gasteiger partial charge in [-0.1, -0.05) is 11.8 Å². The number of nitro groups is 1. The number of H-pyrrole nitrogens is 1. The van der Waals surface area contributed by atoms with Crippen molar-refractivity contribution in [2.45, 2.75) is 11.9 Å². The second-order valence-electron chi connectivity index (χ2n) is 2.44. The van der Waals surface area contributed by atoms with Crippen molar-refractivity contribution < 1.29 is 14.8 Å². The summed E-state index contributed by atoms with van der Waals surface area (Å²) in [6, 6.07) is 0. The van der Waals surface area contributed by atoms with Gasteiger partial charge in [0.2, 0.25) is 0 Å². The van der Waals surface area contributed by atoms with Crippen LogP contribution in [-0.4, -0.2) is 31.9 Å². The van der Waals surface area contributed by atoms with E-state index in [9.17, 15) is 14.9 Å². The fraction of sp³-hybridized carbons (Fsp3) is 0.333. The van der Waals surface area contributed by atoms with Crippen molar-refractivity contribution in [1.29, 1.82) is 0 Å². The summed E-state index contributed by atoms with van der Waals surface area (Å²) in [5, 5.41) is 25.1. The lowest BCUT2D eigenvalue weighted by Crippen LogP contribution is -1.98. The highest BCUT2D eigenvalue weighted by Crippen LogP contribution is 2.29. The number of rotatable bonds is 4. The summed E-state index contributed by atoms with van der Waals surface area (Å²) in [4.78, 5) is 20.2. The van der Waals surface area contributed by atoms with Gasteiger partial charge in [-0.15, -0.1) is 0 Å². The molecule has 0 unspecified atom stereocenters. The maximum atomic E-state index is 10.5. The van der Waals surface area contributed by atoms with Crippen LogP contribution in [0.25, 0.3) is 0 Å². The molecular weight excluding hydrogens is 210 g/mol. The normalized spacial score (nSPS) is 10.1. The highest BCUT2D eigenvalue weighted by molar-refractivity contribution is 8.00. The lowest BCUT2D eigenvalue weighted by atomic mass is 10.4.